The van der Waals surface area contributed by atoms with E-state index in [9.17, 15) is 9.90 Å². The molecule has 2 aromatic carbocycles. The molecule has 0 spiro atoms. The van der Waals surface area contributed by atoms with E-state index in [1.807, 2.05) is 49.5 Å². The summed E-state index contributed by atoms with van der Waals surface area (Å²) in [5.41, 5.74) is 3.28. The predicted molar refractivity (Wildman–Crippen MR) is 108 cm³/mol. The number of nitrogens with one attached hydrogen (secondary N) is 1. The molecular formula is C23H24N2O3. The molecule has 1 aromatic heterocycles. The number of fused-ring (bicyclic) bond motifs is 1. The Bertz CT molecular complexity index is 1010. The van der Waals surface area contributed by atoms with Crippen LogP contribution in [0.25, 0.3) is 10.9 Å². The van der Waals surface area contributed by atoms with E-state index in [-0.39, 0.29) is 24.0 Å². The van der Waals surface area contributed by atoms with Crippen molar-refractivity contribution in [1.29, 1.82) is 0 Å². The highest BCUT2D eigenvalue weighted by Gasteiger charge is 2.36. The van der Waals surface area contributed by atoms with Gasteiger partial charge in [0.25, 0.3) is 5.91 Å². The Morgan fingerprint density at radius 3 is 2.75 bits per heavy atom. The number of amides is 1. The number of aromatic nitrogens is 1. The molecule has 3 aromatic rings. The number of rotatable bonds is 5. The zero-order chi connectivity index (χ0) is 19.7. The Hall–Kier alpha value is -2.92. The van der Waals surface area contributed by atoms with Gasteiger partial charge in [-0.1, -0.05) is 30.3 Å². The van der Waals surface area contributed by atoms with Crippen molar-refractivity contribution in [3.05, 3.63) is 71.4 Å². The Kier molecular flexibility index (Phi) is 5.01. The predicted octanol–water partition coefficient (Wildman–Crippen LogP) is 3.79. The van der Waals surface area contributed by atoms with Crippen molar-refractivity contribution in [2.45, 2.75) is 31.9 Å². The van der Waals surface area contributed by atoms with Crippen molar-refractivity contribution >= 4 is 16.8 Å². The number of carbonyl (C=O) groups excluding carboxylic acids is 1. The van der Waals surface area contributed by atoms with Gasteiger partial charge in [-0.3, -0.25) is 9.78 Å². The number of pyridine rings is 1. The van der Waals surface area contributed by atoms with E-state index >= 15 is 0 Å². The van der Waals surface area contributed by atoms with E-state index < -0.39 is 0 Å². The van der Waals surface area contributed by atoms with E-state index in [4.69, 9.17) is 4.74 Å². The lowest BCUT2D eigenvalue weighted by Crippen LogP contribution is -2.41. The molecule has 1 saturated carbocycles. The second-order valence-electron chi connectivity index (χ2n) is 7.45. The number of benzene rings is 2. The second-order valence-corrected chi connectivity index (χ2v) is 7.45. The molecule has 1 amide bonds. The Morgan fingerprint density at radius 1 is 1.21 bits per heavy atom. The van der Waals surface area contributed by atoms with Crippen LogP contribution >= 0.6 is 0 Å². The van der Waals surface area contributed by atoms with Gasteiger partial charge in [0, 0.05) is 11.6 Å². The molecule has 5 heteroatoms. The summed E-state index contributed by atoms with van der Waals surface area (Å²) in [6.07, 6.45) is 2.86. The summed E-state index contributed by atoms with van der Waals surface area (Å²) in [6.45, 7) is 1.90. The van der Waals surface area contributed by atoms with E-state index in [1.165, 1.54) is 0 Å². The quantitative estimate of drug-likeness (QED) is 0.711. The fraction of sp³-hybridized carbons (Fsp3) is 0.304. The lowest BCUT2D eigenvalue weighted by atomic mass is 9.75. The maximum atomic E-state index is 13.1. The Morgan fingerprint density at radius 2 is 2.00 bits per heavy atom. The van der Waals surface area contributed by atoms with E-state index in [1.54, 1.807) is 13.2 Å². The lowest BCUT2D eigenvalue weighted by Gasteiger charge is -2.38. The van der Waals surface area contributed by atoms with Gasteiger partial charge in [0.15, 0.2) is 0 Å². The zero-order valence-electron chi connectivity index (χ0n) is 16.1. The first-order valence-electron chi connectivity index (χ1n) is 9.54. The number of carbonyl (C=O) groups is 1. The molecule has 0 bridgehead atoms. The summed E-state index contributed by atoms with van der Waals surface area (Å²) in [5, 5.41) is 14.0. The van der Waals surface area contributed by atoms with Crippen LogP contribution in [0.5, 0.6) is 5.75 Å². The molecule has 1 heterocycles. The van der Waals surface area contributed by atoms with Crippen LogP contribution in [0.3, 0.4) is 0 Å². The van der Waals surface area contributed by atoms with E-state index in [0.29, 0.717) is 24.2 Å². The molecule has 144 valence electrons. The SMILES string of the molecule is COc1cccc(C)c1C(=O)N[C@@H](c1cnc2ccccc2c1)C1CC(O)C1. The van der Waals surface area contributed by atoms with Crippen LogP contribution in [0.1, 0.15) is 40.4 Å². The van der Waals surface area contributed by atoms with E-state index in [2.05, 4.69) is 16.4 Å². The molecule has 1 aliphatic carbocycles. The number of hydrogen-bond donors (Lipinski definition) is 2. The lowest BCUT2D eigenvalue weighted by molar-refractivity contribution is 0.0234. The van der Waals surface area contributed by atoms with Gasteiger partial charge in [0.05, 0.1) is 30.3 Å². The average Bonchev–Trinajstić information content (AvgIpc) is 2.69. The topological polar surface area (TPSA) is 71.5 Å². The fourth-order valence-electron chi connectivity index (χ4n) is 3.95. The highest BCUT2D eigenvalue weighted by molar-refractivity contribution is 5.98. The smallest absolute Gasteiger partial charge is 0.255 e. The third-order valence-corrected chi connectivity index (χ3v) is 5.56. The molecule has 5 nitrogen and oxygen atoms in total. The average molecular weight is 376 g/mol. The normalized spacial score (nSPS) is 19.7. The van der Waals surface area contributed by atoms with Crippen LogP contribution in [0.15, 0.2) is 54.7 Å². The molecule has 0 aliphatic heterocycles. The maximum Gasteiger partial charge on any atom is 0.255 e. The number of methoxy groups -OCH3 is 1. The number of hydrogen-bond acceptors (Lipinski definition) is 4. The Labute approximate surface area is 164 Å². The van der Waals surface area contributed by atoms with Crippen molar-refractivity contribution in [3.8, 4) is 5.75 Å². The first kappa shape index (κ1) is 18.4. The summed E-state index contributed by atoms with van der Waals surface area (Å²) in [7, 11) is 1.57. The van der Waals surface area contributed by atoms with E-state index in [0.717, 1.165) is 22.0 Å². The minimum atomic E-state index is -0.300. The molecule has 0 saturated heterocycles. The van der Waals surface area contributed by atoms with Gasteiger partial charge < -0.3 is 15.2 Å². The summed E-state index contributed by atoms with van der Waals surface area (Å²) in [5.74, 6) is 0.563. The van der Waals surface area contributed by atoms with Crippen LogP contribution in [-0.4, -0.2) is 29.2 Å². The highest BCUT2D eigenvalue weighted by Crippen LogP contribution is 2.39. The summed E-state index contributed by atoms with van der Waals surface area (Å²) >= 11 is 0. The van der Waals surface area contributed by atoms with Crippen LogP contribution in [-0.2, 0) is 0 Å². The summed E-state index contributed by atoms with van der Waals surface area (Å²) in [4.78, 5) is 17.7. The number of aryl methyl sites for hydroxylation is 1. The van der Waals surface area contributed by atoms with Crippen molar-refractivity contribution in [2.75, 3.05) is 7.11 Å². The molecule has 0 unspecified atom stereocenters. The fourth-order valence-corrected chi connectivity index (χ4v) is 3.95. The van der Waals surface area contributed by atoms with Crippen LogP contribution in [0, 0.1) is 12.8 Å². The van der Waals surface area contributed by atoms with Gasteiger partial charge in [-0.15, -0.1) is 0 Å². The zero-order valence-corrected chi connectivity index (χ0v) is 16.1. The van der Waals surface area contributed by atoms with Crippen LogP contribution < -0.4 is 10.1 Å². The summed E-state index contributed by atoms with van der Waals surface area (Å²) in [6, 6.07) is 15.4. The third-order valence-electron chi connectivity index (χ3n) is 5.56. The molecule has 1 atom stereocenters. The van der Waals surface area contributed by atoms with Gasteiger partial charge in [-0.2, -0.15) is 0 Å². The van der Waals surface area contributed by atoms with Gasteiger partial charge in [-0.05, 0) is 55.0 Å². The number of para-hydroxylation sites is 1. The molecule has 4 rings (SSSR count). The largest absolute Gasteiger partial charge is 0.496 e. The first-order chi connectivity index (χ1) is 13.6. The minimum Gasteiger partial charge on any atom is -0.496 e. The molecule has 2 N–H and O–H groups in total. The standard InChI is InChI=1S/C23H24N2O3/c1-14-6-5-9-20(28-2)21(14)23(27)25-22(16-11-18(26)12-16)17-10-15-7-3-4-8-19(15)24-13-17/h3-10,13,16,18,22,26H,11-12H2,1-2H3,(H,25,27)/t16?,18?,22-/m1/s1. The van der Waals surface area contributed by atoms with Crippen molar-refractivity contribution in [3.63, 3.8) is 0 Å². The third kappa shape index (κ3) is 3.45. The molecular weight excluding hydrogens is 352 g/mol. The van der Waals surface area contributed by atoms with Gasteiger partial charge in [0.1, 0.15) is 5.75 Å². The minimum absolute atomic E-state index is 0.172. The van der Waals surface area contributed by atoms with Crippen LogP contribution in [0.2, 0.25) is 0 Å². The van der Waals surface area contributed by atoms with Crippen molar-refractivity contribution in [1.82, 2.24) is 10.3 Å². The molecule has 0 radical (unpaired) electrons. The highest BCUT2D eigenvalue weighted by atomic mass is 16.5. The maximum absolute atomic E-state index is 13.1. The second kappa shape index (κ2) is 7.60. The van der Waals surface area contributed by atoms with Crippen LogP contribution in [0.4, 0.5) is 0 Å². The number of nitrogens with zero attached hydrogens (tertiary/aromatic N) is 1. The van der Waals surface area contributed by atoms with Crippen molar-refractivity contribution < 1.29 is 14.6 Å². The number of ether oxygens (including phenoxy) is 1. The Balaban J connectivity index is 1.68. The monoisotopic (exact) mass is 376 g/mol. The first-order valence-corrected chi connectivity index (χ1v) is 9.54. The summed E-state index contributed by atoms with van der Waals surface area (Å²) < 4.78 is 5.40. The number of aliphatic hydroxyl groups is 1. The van der Waals surface area contributed by atoms with Crippen molar-refractivity contribution in [2.24, 2.45) is 5.92 Å². The van der Waals surface area contributed by atoms with Gasteiger partial charge in [0.2, 0.25) is 0 Å². The molecule has 28 heavy (non-hydrogen) atoms. The van der Waals surface area contributed by atoms with Gasteiger partial charge >= 0.3 is 0 Å². The van der Waals surface area contributed by atoms with Gasteiger partial charge in [-0.25, -0.2) is 0 Å². The molecule has 1 fully saturated rings. The molecule has 1 aliphatic rings. The number of aliphatic hydroxyl groups excluding tert-OH is 1.